The monoisotopic (exact) mass is 263 g/mol. The molecule has 1 N–H and O–H groups in total. The van der Waals surface area contributed by atoms with Crippen LogP contribution in [0.25, 0.3) is 0 Å². The summed E-state index contributed by atoms with van der Waals surface area (Å²) in [7, 11) is 0. The predicted molar refractivity (Wildman–Crippen MR) is 52.3 cm³/mol. The molecule has 1 aromatic heterocycles. The zero-order valence-electron chi connectivity index (χ0n) is 6.50. The summed E-state index contributed by atoms with van der Waals surface area (Å²) in [5.74, 6) is 0. The third-order valence-corrected chi connectivity index (χ3v) is 2.14. The van der Waals surface area contributed by atoms with Crippen LogP contribution in [0, 0.1) is 10.6 Å². The van der Waals surface area contributed by atoms with Gasteiger partial charge in [-0.2, -0.15) is 0 Å². The zero-order chi connectivity index (χ0) is 8.43. The van der Waals surface area contributed by atoms with Gasteiger partial charge in [-0.15, -0.1) is 0 Å². The standard InChI is InChI=1S/C8H10INO/c1-5-7(6(2)11)3-4-8(9)10-5/h3-4,6,11H,1-2H3/t6-/m0/s1. The van der Waals surface area contributed by atoms with Crippen LogP contribution in [0.4, 0.5) is 0 Å². The molecule has 0 amide bonds. The van der Waals surface area contributed by atoms with Crippen molar-refractivity contribution >= 4 is 22.6 Å². The number of rotatable bonds is 1. The molecule has 1 atom stereocenters. The van der Waals surface area contributed by atoms with Crippen LogP contribution in [0.2, 0.25) is 0 Å². The SMILES string of the molecule is Cc1nc(I)ccc1[C@H](C)O. The van der Waals surface area contributed by atoms with Gasteiger partial charge in [0.2, 0.25) is 0 Å². The molecule has 0 unspecified atom stereocenters. The maximum absolute atomic E-state index is 9.25. The molecule has 11 heavy (non-hydrogen) atoms. The van der Waals surface area contributed by atoms with Gasteiger partial charge in [-0.3, -0.25) is 0 Å². The Morgan fingerprint density at radius 2 is 2.18 bits per heavy atom. The minimum absolute atomic E-state index is 0.417. The van der Waals surface area contributed by atoms with Crippen LogP contribution in [0.1, 0.15) is 24.3 Å². The molecule has 0 fully saturated rings. The van der Waals surface area contributed by atoms with Gasteiger partial charge >= 0.3 is 0 Å². The second-order valence-corrected chi connectivity index (χ2v) is 3.59. The number of nitrogens with zero attached hydrogens (tertiary/aromatic N) is 1. The smallest absolute Gasteiger partial charge is 0.101 e. The number of hydrogen-bond donors (Lipinski definition) is 1. The van der Waals surface area contributed by atoms with E-state index in [0.29, 0.717) is 0 Å². The highest BCUT2D eigenvalue weighted by molar-refractivity contribution is 14.1. The number of aromatic nitrogens is 1. The van der Waals surface area contributed by atoms with Crippen LogP contribution in [-0.4, -0.2) is 10.1 Å². The van der Waals surface area contributed by atoms with Gasteiger partial charge in [-0.05, 0) is 42.5 Å². The number of hydrogen-bond acceptors (Lipinski definition) is 2. The van der Waals surface area contributed by atoms with Gasteiger partial charge in [0, 0.05) is 11.3 Å². The maximum atomic E-state index is 9.25. The summed E-state index contributed by atoms with van der Waals surface area (Å²) in [6.45, 7) is 3.65. The Morgan fingerprint density at radius 1 is 1.55 bits per heavy atom. The highest BCUT2D eigenvalue weighted by Gasteiger charge is 2.04. The summed E-state index contributed by atoms with van der Waals surface area (Å²) < 4.78 is 0.963. The Kier molecular flexibility index (Phi) is 2.84. The lowest BCUT2D eigenvalue weighted by Crippen LogP contribution is -1.97. The number of aryl methyl sites for hydroxylation is 1. The van der Waals surface area contributed by atoms with Gasteiger partial charge in [0.1, 0.15) is 3.70 Å². The van der Waals surface area contributed by atoms with Crippen molar-refractivity contribution < 1.29 is 5.11 Å². The molecule has 0 aromatic carbocycles. The molecule has 60 valence electrons. The van der Waals surface area contributed by atoms with E-state index < -0.39 is 6.10 Å². The van der Waals surface area contributed by atoms with Crippen LogP contribution in [-0.2, 0) is 0 Å². The summed E-state index contributed by atoms with van der Waals surface area (Å²) in [6.07, 6.45) is -0.417. The van der Waals surface area contributed by atoms with E-state index in [4.69, 9.17) is 0 Å². The van der Waals surface area contributed by atoms with Crippen LogP contribution in [0.15, 0.2) is 12.1 Å². The van der Waals surface area contributed by atoms with Gasteiger partial charge in [0.05, 0.1) is 6.10 Å². The van der Waals surface area contributed by atoms with Crippen molar-refractivity contribution in [2.24, 2.45) is 0 Å². The minimum atomic E-state index is -0.417. The number of aliphatic hydroxyl groups excluding tert-OH is 1. The van der Waals surface area contributed by atoms with Crippen LogP contribution in [0.3, 0.4) is 0 Å². The highest BCUT2D eigenvalue weighted by atomic mass is 127. The largest absolute Gasteiger partial charge is 0.389 e. The van der Waals surface area contributed by atoms with Gasteiger partial charge < -0.3 is 5.11 Å². The van der Waals surface area contributed by atoms with Crippen molar-refractivity contribution in [3.63, 3.8) is 0 Å². The third-order valence-electron chi connectivity index (χ3n) is 1.54. The molecule has 1 aromatic rings. The lowest BCUT2D eigenvalue weighted by Gasteiger charge is -2.06. The second kappa shape index (κ2) is 3.49. The molecule has 0 bridgehead atoms. The Hall–Kier alpha value is -0.160. The number of pyridine rings is 1. The average Bonchev–Trinajstić information content (AvgIpc) is 1.85. The fourth-order valence-corrected chi connectivity index (χ4v) is 1.52. The molecule has 2 nitrogen and oxygen atoms in total. The van der Waals surface area contributed by atoms with Gasteiger partial charge in [-0.1, -0.05) is 6.07 Å². The second-order valence-electron chi connectivity index (χ2n) is 2.48. The Bertz CT molecular complexity index is 260. The maximum Gasteiger partial charge on any atom is 0.101 e. The molecule has 0 aliphatic carbocycles. The predicted octanol–water partition coefficient (Wildman–Crippen LogP) is 2.05. The molecule has 0 spiro atoms. The molecule has 1 heterocycles. The van der Waals surface area contributed by atoms with Crippen molar-refractivity contribution in [1.82, 2.24) is 4.98 Å². The quantitative estimate of drug-likeness (QED) is 0.621. The molecular formula is C8H10INO. The molecule has 0 saturated heterocycles. The molecule has 0 radical (unpaired) electrons. The summed E-state index contributed by atoms with van der Waals surface area (Å²) in [5.41, 5.74) is 1.82. The van der Waals surface area contributed by atoms with E-state index in [0.717, 1.165) is 15.0 Å². The molecule has 1 rings (SSSR count). The first kappa shape index (κ1) is 8.93. The lowest BCUT2D eigenvalue weighted by atomic mass is 10.1. The van der Waals surface area contributed by atoms with Crippen LogP contribution >= 0.6 is 22.6 Å². The first-order chi connectivity index (χ1) is 5.11. The highest BCUT2D eigenvalue weighted by Crippen LogP contribution is 2.15. The van der Waals surface area contributed by atoms with Crippen molar-refractivity contribution in [3.8, 4) is 0 Å². The van der Waals surface area contributed by atoms with Crippen molar-refractivity contribution in [3.05, 3.63) is 27.1 Å². The van der Waals surface area contributed by atoms with Crippen LogP contribution in [0.5, 0.6) is 0 Å². The molecule has 0 aliphatic rings. The minimum Gasteiger partial charge on any atom is -0.389 e. The fourth-order valence-electron chi connectivity index (χ4n) is 0.983. The summed E-state index contributed by atoms with van der Waals surface area (Å²) in [6, 6.07) is 3.81. The topological polar surface area (TPSA) is 33.1 Å². The van der Waals surface area contributed by atoms with E-state index in [1.807, 2.05) is 19.1 Å². The number of aliphatic hydroxyl groups is 1. The van der Waals surface area contributed by atoms with Gasteiger partial charge in [-0.25, -0.2) is 4.98 Å². The van der Waals surface area contributed by atoms with E-state index >= 15 is 0 Å². The Balaban J connectivity index is 3.09. The van der Waals surface area contributed by atoms with Gasteiger partial charge in [0.15, 0.2) is 0 Å². The van der Waals surface area contributed by atoms with E-state index in [9.17, 15) is 5.11 Å². The van der Waals surface area contributed by atoms with Crippen molar-refractivity contribution in [1.29, 1.82) is 0 Å². The Morgan fingerprint density at radius 3 is 2.64 bits per heavy atom. The Labute approximate surface area is 79.8 Å². The van der Waals surface area contributed by atoms with Crippen molar-refractivity contribution in [2.45, 2.75) is 20.0 Å². The van der Waals surface area contributed by atoms with Crippen molar-refractivity contribution in [2.75, 3.05) is 0 Å². The third kappa shape index (κ3) is 2.13. The summed E-state index contributed by atoms with van der Waals surface area (Å²) >= 11 is 2.15. The lowest BCUT2D eigenvalue weighted by molar-refractivity contribution is 0.198. The first-order valence-corrected chi connectivity index (χ1v) is 4.50. The number of halogens is 1. The molecule has 0 saturated carbocycles. The summed E-state index contributed by atoms with van der Waals surface area (Å²) in [5, 5.41) is 9.25. The molecule has 3 heteroatoms. The summed E-state index contributed by atoms with van der Waals surface area (Å²) in [4.78, 5) is 4.22. The fraction of sp³-hybridized carbons (Fsp3) is 0.375. The zero-order valence-corrected chi connectivity index (χ0v) is 8.66. The molecular weight excluding hydrogens is 253 g/mol. The van der Waals surface area contributed by atoms with Crippen LogP contribution < -0.4 is 0 Å². The normalized spacial score (nSPS) is 13.1. The van der Waals surface area contributed by atoms with Gasteiger partial charge in [0.25, 0.3) is 0 Å². The van der Waals surface area contributed by atoms with E-state index in [1.165, 1.54) is 0 Å². The van der Waals surface area contributed by atoms with E-state index in [1.54, 1.807) is 6.92 Å². The van der Waals surface area contributed by atoms with E-state index in [-0.39, 0.29) is 0 Å². The van der Waals surface area contributed by atoms with E-state index in [2.05, 4.69) is 27.6 Å². The molecule has 0 aliphatic heterocycles. The average molecular weight is 263 g/mol. The first-order valence-electron chi connectivity index (χ1n) is 3.42.